The van der Waals surface area contributed by atoms with Gasteiger partial charge in [0.15, 0.2) is 0 Å². The quantitative estimate of drug-likeness (QED) is 0.371. The average molecular weight is 232 g/mol. The first-order valence-corrected chi connectivity index (χ1v) is 5.53. The van der Waals surface area contributed by atoms with E-state index in [1.165, 1.54) is 0 Å². The number of aliphatic hydroxyl groups excluding tert-OH is 3. The second kappa shape index (κ2) is 6.15. The highest BCUT2D eigenvalue weighted by atomic mass is 16.3. The lowest BCUT2D eigenvalue weighted by Crippen LogP contribution is -2.58. The Morgan fingerprint density at radius 3 is 2.12 bits per heavy atom. The second-order valence-corrected chi connectivity index (χ2v) is 4.27. The molecule has 1 saturated heterocycles. The van der Waals surface area contributed by atoms with Gasteiger partial charge in [0.1, 0.15) is 5.54 Å². The summed E-state index contributed by atoms with van der Waals surface area (Å²) in [6, 6.07) is 0. The van der Waals surface area contributed by atoms with E-state index in [0.717, 1.165) is 25.9 Å². The first-order chi connectivity index (χ1) is 7.67. The zero-order valence-electron chi connectivity index (χ0n) is 9.28. The molecule has 0 aromatic heterocycles. The molecule has 6 nitrogen and oxygen atoms in total. The molecule has 0 spiro atoms. The van der Waals surface area contributed by atoms with Gasteiger partial charge in [0.25, 0.3) is 0 Å². The van der Waals surface area contributed by atoms with Crippen molar-refractivity contribution in [3.63, 3.8) is 0 Å². The highest BCUT2D eigenvalue weighted by Gasteiger charge is 2.32. The second-order valence-electron chi connectivity index (χ2n) is 4.27. The average Bonchev–Trinajstić information content (AvgIpc) is 2.37. The standard InChI is InChI=1S/C10H20N2O4/c13-5-10(6-14,7-15)12-9(16)8-1-3-11-4-2-8/h8,11,13-15H,1-7H2,(H,12,16). The summed E-state index contributed by atoms with van der Waals surface area (Å²) >= 11 is 0. The lowest BCUT2D eigenvalue weighted by atomic mass is 9.94. The molecule has 16 heavy (non-hydrogen) atoms. The first kappa shape index (κ1) is 13.4. The highest BCUT2D eigenvalue weighted by molar-refractivity contribution is 5.79. The summed E-state index contributed by atoms with van der Waals surface area (Å²) < 4.78 is 0. The van der Waals surface area contributed by atoms with Crippen LogP contribution in [0.15, 0.2) is 0 Å². The Morgan fingerprint density at radius 2 is 1.69 bits per heavy atom. The fourth-order valence-electron chi connectivity index (χ4n) is 1.72. The van der Waals surface area contributed by atoms with Gasteiger partial charge in [0, 0.05) is 5.92 Å². The van der Waals surface area contributed by atoms with Crippen molar-refractivity contribution in [3.8, 4) is 0 Å². The third-order valence-corrected chi connectivity index (χ3v) is 3.01. The van der Waals surface area contributed by atoms with Crippen molar-refractivity contribution in [2.75, 3.05) is 32.9 Å². The van der Waals surface area contributed by atoms with Crippen LogP contribution in [0.2, 0.25) is 0 Å². The van der Waals surface area contributed by atoms with Crippen LogP contribution in [0.25, 0.3) is 0 Å². The molecule has 1 aliphatic heterocycles. The molecule has 5 N–H and O–H groups in total. The normalized spacial score (nSPS) is 18.4. The van der Waals surface area contributed by atoms with Crippen LogP contribution in [0.1, 0.15) is 12.8 Å². The molecule has 1 rings (SSSR count). The lowest BCUT2D eigenvalue weighted by Gasteiger charge is -2.31. The molecule has 1 heterocycles. The maximum Gasteiger partial charge on any atom is 0.223 e. The van der Waals surface area contributed by atoms with Crippen molar-refractivity contribution < 1.29 is 20.1 Å². The van der Waals surface area contributed by atoms with E-state index >= 15 is 0 Å². The van der Waals surface area contributed by atoms with Crippen molar-refractivity contribution in [2.45, 2.75) is 18.4 Å². The molecular formula is C10H20N2O4. The topological polar surface area (TPSA) is 102 Å². The fraction of sp³-hybridized carbons (Fsp3) is 0.900. The molecule has 1 aliphatic rings. The van der Waals surface area contributed by atoms with Gasteiger partial charge in [-0.15, -0.1) is 0 Å². The molecule has 94 valence electrons. The molecule has 0 aliphatic carbocycles. The van der Waals surface area contributed by atoms with Gasteiger partial charge >= 0.3 is 0 Å². The molecule has 0 unspecified atom stereocenters. The van der Waals surface area contributed by atoms with Crippen LogP contribution in [0.4, 0.5) is 0 Å². The predicted octanol–water partition coefficient (Wildman–Crippen LogP) is -2.18. The summed E-state index contributed by atoms with van der Waals surface area (Å²) in [7, 11) is 0. The molecule has 0 radical (unpaired) electrons. The number of amides is 1. The summed E-state index contributed by atoms with van der Waals surface area (Å²) in [5, 5.41) is 32.9. The molecule has 6 heteroatoms. The molecular weight excluding hydrogens is 212 g/mol. The third-order valence-electron chi connectivity index (χ3n) is 3.01. The largest absolute Gasteiger partial charge is 0.394 e. The predicted molar refractivity (Wildman–Crippen MR) is 57.7 cm³/mol. The third kappa shape index (κ3) is 3.15. The van der Waals surface area contributed by atoms with Crippen LogP contribution in [-0.4, -0.2) is 59.7 Å². The number of hydrogen-bond donors (Lipinski definition) is 5. The van der Waals surface area contributed by atoms with E-state index < -0.39 is 25.4 Å². The van der Waals surface area contributed by atoms with Crippen LogP contribution < -0.4 is 10.6 Å². The Hall–Kier alpha value is -0.690. The van der Waals surface area contributed by atoms with E-state index in [1.54, 1.807) is 0 Å². The summed E-state index contributed by atoms with van der Waals surface area (Å²) in [5.74, 6) is -0.316. The van der Waals surface area contributed by atoms with Gasteiger partial charge in [-0.05, 0) is 25.9 Å². The molecule has 0 aromatic rings. The van der Waals surface area contributed by atoms with E-state index in [0.29, 0.717) is 0 Å². The van der Waals surface area contributed by atoms with Crippen LogP contribution in [-0.2, 0) is 4.79 Å². The number of aliphatic hydroxyl groups is 3. The maximum atomic E-state index is 11.8. The van der Waals surface area contributed by atoms with Gasteiger partial charge in [0.05, 0.1) is 19.8 Å². The molecule has 0 atom stereocenters. The molecule has 0 bridgehead atoms. The highest BCUT2D eigenvalue weighted by Crippen LogP contribution is 2.13. The van der Waals surface area contributed by atoms with Gasteiger partial charge in [-0.2, -0.15) is 0 Å². The zero-order valence-corrected chi connectivity index (χ0v) is 9.28. The van der Waals surface area contributed by atoms with Crippen molar-refractivity contribution >= 4 is 5.91 Å². The Kier molecular flexibility index (Phi) is 5.14. The summed E-state index contributed by atoms with van der Waals surface area (Å²) in [4.78, 5) is 11.8. The van der Waals surface area contributed by atoms with E-state index in [2.05, 4.69) is 10.6 Å². The smallest absolute Gasteiger partial charge is 0.223 e. The van der Waals surface area contributed by atoms with E-state index in [4.69, 9.17) is 15.3 Å². The number of hydrogen-bond acceptors (Lipinski definition) is 5. The van der Waals surface area contributed by atoms with Crippen LogP contribution in [0.5, 0.6) is 0 Å². The minimum Gasteiger partial charge on any atom is -0.394 e. The lowest BCUT2D eigenvalue weighted by molar-refractivity contribution is -0.130. The van der Waals surface area contributed by atoms with Crippen molar-refractivity contribution in [2.24, 2.45) is 5.92 Å². The van der Waals surface area contributed by atoms with Crippen LogP contribution >= 0.6 is 0 Å². The van der Waals surface area contributed by atoms with Crippen molar-refractivity contribution in [1.82, 2.24) is 10.6 Å². The molecule has 0 aromatic carbocycles. The number of piperidine rings is 1. The first-order valence-electron chi connectivity index (χ1n) is 5.53. The Bertz CT molecular complexity index is 217. The molecule has 0 saturated carbocycles. The van der Waals surface area contributed by atoms with E-state index in [-0.39, 0.29) is 11.8 Å². The number of rotatable bonds is 5. The van der Waals surface area contributed by atoms with Crippen molar-refractivity contribution in [3.05, 3.63) is 0 Å². The van der Waals surface area contributed by atoms with E-state index in [1.807, 2.05) is 0 Å². The monoisotopic (exact) mass is 232 g/mol. The van der Waals surface area contributed by atoms with Gasteiger partial charge in [-0.3, -0.25) is 4.79 Å². The van der Waals surface area contributed by atoms with E-state index in [9.17, 15) is 4.79 Å². The molecule has 1 amide bonds. The van der Waals surface area contributed by atoms with Crippen LogP contribution in [0.3, 0.4) is 0 Å². The summed E-state index contributed by atoms with van der Waals surface area (Å²) in [6.07, 6.45) is 1.48. The Balaban J connectivity index is 2.53. The number of carbonyl (C=O) groups excluding carboxylic acids is 1. The van der Waals surface area contributed by atoms with Gasteiger partial charge < -0.3 is 26.0 Å². The van der Waals surface area contributed by atoms with Gasteiger partial charge in [0.2, 0.25) is 5.91 Å². The minimum absolute atomic E-state index is 0.106. The minimum atomic E-state index is -1.30. The van der Waals surface area contributed by atoms with Gasteiger partial charge in [-0.25, -0.2) is 0 Å². The Labute approximate surface area is 94.7 Å². The number of carbonyl (C=O) groups is 1. The summed E-state index contributed by atoms with van der Waals surface area (Å²) in [6.45, 7) is 0.162. The van der Waals surface area contributed by atoms with Crippen LogP contribution in [0, 0.1) is 5.92 Å². The van der Waals surface area contributed by atoms with Crippen molar-refractivity contribution in [1.29, 1.82) is 0 Å². The number of nitrogens with one attached hydrogen (secondary N) is 2. The zero-order chi connectivity index (χ0) is 12.0. The molecule has 1 fully saturated rings. The fourth-order valence-corrected chi connectivity index (χ4v) is 1.72. The van der Waals surface area contributed by atoms with Gasteiger partial charge in [-0.1, -0.05) is 0 Å². The maximum absolute atomic E-state index is 11.8. The SMILES string of the molecule is O=C(NC(CO)(CO)CO)C1CCNCC1. The Morgan fingerprint density at radius 1 is 1.19 bits per heavy atom. The summed E-state index contributed by atoms with van der Waals surface area (Å²) in [5.41, 5.74) is -1.30.